The molecule has 0 radical (unpaired) electrons. The van der Waals surface area contributed by atoms with Gasteiger partial charge >= 0.3 is 0 Å². The number of hydrogen-bond acceptors (Lipinski definition) is 9. The van der Waals surface area contributed by atoms with Gasteiger partial charge in [-0.05, 0) is 97.9 Å². The Labute approximate surface area is 289 Å². The van der Waals surface area contributed by atoms with E-state index in [0.717, 1.165) is 83.6 Å². The number of halogens is 1. The molecule has 0 unspecified atom stereocenters. The van der Waals surface area contributed by atoms with E-state index < -0.39 is 0 Å². The van der Waals surface area contributed by atoms with Gasteiger partial charge < -0.3 is 14.8 Å². The molecule has 1 atom stereocenters. The number of nitrogens with zero attached hydrogens (tertiary/aromatic N) is 6. The van der Waals surface area contributed by atoms with Crippen LogP contribution < -0.4 is 5.32 Å². The fraction of sp³-hybridized carbons (Fsp3) is 0.282. The summed E-state index contributed by atoms with van der Waals surface area (Å²) >= 11 is 7.14. The van der Waals surface area contributed by atoms with Gasteiger partial charge in [0, 0.05) is 55.2 Å². The Balaban J connectivity index is 1.09. The molecule has 0 aliphatic carbocycles. The van der Waals surface area contributed by atoms with Crippen LogP contribution in [-0.4, -0.2) is 62.1 Å². The molecule has 2 saturated heterocycles. The van der Waals surface area contributed by atoms with Gasteiger partial charge in [0.2, 0.25) is 5.89 Å². The first-order valence-electron chi connectivity index (χ1n) is 16.8. The molecule has 246 valence electrons. The van der Waals surface area contributed by atoms with Crippen LogP contribution in [0.3, 0.4) is 0 Å². The first-order chi connectivity index (χ1) is 23.9. The lowest BCUT2D eigenvalue weighted by Gasteiger charge is -2.17. The Bertz CT molecular complexity index is 2240. The zero-order chi connectivity index (χ0) is 33.5. The number of β-amino-alcohol motifs (C(OH)–C–C–N with tert-alkyl or cyclic N) is 1. The number of aliphatic hydroxyl groups is 1. The minimum Gasteiger partial charge on any atom is -0.435 e. The normalized spacial score (nSPS) is 16.9. The van der Waals surface area contributed by atoms with Crippen molar-refractivity contribution in [2.24, 2.45) is 0 Å². The van der Waals surface area contributed by atoms with Crippen molar-refractivity contribution in [3.8, 4) is 28.7 Å². The summed E-state index contributed by atoms with van der Waals surface area (Å²) in [4.78, 5) is 18.9. The van der Waals surface area contributed by atoms with E-state index in [9.17, 15) is 10.4 Å². The van der Waals surface area contributed by atoms with E-state index in [1.54, 1.807) is 6.20 Å². The Hall–Kier alpha value is -4.85. The molecule has 2 aliphatic rings. The highest BCUT2D eigenvalue weighted by molar-refractivity contribution is 6.36. The summed E-state index contributed by atoms with van der Waals surface area (Å²) < 4.78 is 6.22. The largest absolute Gasteiger partial charge is 0.435 e. The first-order valence-corrected chi connectivity index (χ1v) is 17.2. The van der Waals surface area contributed by atoms with E-state index >= 15 is 0 Å². The lowest BCUT2D eigenvalue weighted by Crippen LogP contribution is -2.21. The van der Waals surface area contributed by atoms with Crippen molar-refractivity contribution in [2.45, 2.75) is 45.4 Å². The van der Waals surface area contributed by atoms with Crippen LogP contribution in [0.25, 0.3) is 44.6 Å². The third-order valence-corrected chi connectivity index (χ3v) is 10.1. The van der Waals surface area contributed by atoms with Crippen molar-refractivity contribution in [1.29, 1.82) is 5.26 Å². The van der Waals surface area contributed by atoms with E-state index in [2.05, 4.69) is 39.2 Å². The SMILES string of the molecule is Cc1c(Nc2nccc3cc(CN4CC[C@@H](O)C4)cnc23)cccc1-c1cccc(-c2nc3cc(CN4CCCC4)cc(C#N)c3o2)c1Cl. The summed E-state index contributed by atoms with van der Waals surface area (Å²) in [6.07, 6.45) is 6.67. The van der Waals surface area contributed by atoms with Crippen LogP contribution in [0.2, 0.25) is 5.02 Å². The molecule has 2 aliphatic heterocycles. The Morgan fingerprint density at radius 2 is 1.76 bits per heavy atom. The highest BCUT2D eigenvalue weighted by atomic mass is 35.5. The molecule has 3 aromatic heterocycles. The smallest absolute Gasteiger partial charge is 0.228 e. The van der Waals surface area contributed by atoms with Crippen LogP contribution in [-0.2, 0) is 13.1 Å². The topological polar surface area (TPSA) is 114 Å². The van der Waals surface area contributed by atoms with Crippen LogP contribution in [0.4, 0.5) is 11.5 Å². The molecule has 49 heavy (non-hydrogen) atoms. The third kappa shape index (κ3) is 6.25. The molecule has 0 amide bonds. The molecule has 6 aromatic rings. The molecule has 0 spiro atoms. The maximum Gasteiger partial charge on any atom is 0.228 e. The lowest BCUT2D eigenvalue weighted by atomic mass is 9.97. The number of anilines is 2. The number of nitrogens with one attached hydrogen (secondary N) is 1. The average molecular weight is 670 g/mol. The fourth-order valence-corrected chi connectivity index (χ4v) is 7.48. The van der Waals surface area contributed by atoms with Gasteiger partial charge in [-0.3, -0.25) is 14.8 Å². The summed E-state index contributed by atoms with van der Waals surface area (Å²) in [6.45, 7) is 7.34. The summed E-state index contributed by atoms with van der Waals surface area (Å²) in [5, 5.41) is 24.9. The zero-order valence-corrected chi connectivity index (χ0v) is 28.0. The van der Waals surface area contributed by atoms with E-state index in [1.165, 1.54) is 12.8 Å². The maximum absolute atomic E-state index is 9.94. The number of aliphatic hydroxyl groups excluding tert-OH is 1. The van der Waals surface area contributed by atoms with Crippen molar-refractivity contribution < 1.29 is 9.52 Å². The van der Waals surface area contributed by atoms with E-state index in [-0.39, 0.29) is 6.10 Å². The minimum absolute atomic E-state index is 0.248. The molecular weight excluding hydrogens is 634 g/mol. The van der Waals surface area contributed by atoms with Gasteiger partial charge in [-0.25, -0.2) is 9.97 Å². The predicted octanol–water partition coefficient (Wildman–Crippen LogP) is 7.84. The van der Waals surface area contributed by atoms with Crippen molar-refractivity contribution in [3.05, 3.63) is 100 Å². The lowest BCUT2D eigenvalue weighted by molar-refractivity contribution is 0.175. The molecule has 0 bridgehead atoms. The molecule has 5 heterocycles. The first kappa shape index (κ1) is 31.4. The Morgan fingerprint density at radius 1 is 0.959 bits per heavy atom. The van der Waals surface area contributed by atoms with Crippen LogP contribution in [0.1, 0.15) is 41.5 Å². The number of oxazole rings is 1. The van der Waals surface area contributed by atoms with Gasteiger partial charge in [-0.2, -0.15) is 5.26 Å². The van der Waals surface area contributed by atoms with Gasteiger partial charge in [-0.15, -0.1) is 0 Å². The van der Waals surface area contributed by atoms with E-state index in [0.29, 0.717) is 45.5 Å². The quantitative estimate of drug-likeness (QED) is 0.167. The van der Waals surface area contributed by atoms with Crippen LogP contribution in [0.15, 0.2) is 77.5 Å². The molecule has 8 rings (SSSR count). The second kappa shape index (κ2) is 13.2. The van der Waals surface area contributed by atoms with Gasteiger partial charge in [0.05, 0.1) is 22.3 Å². The second-order valence-corrected chi connectivity index (χ2v) is 13.5. The van der Waals surface area contributed by atoms with Gasteiger partial charge in [-0.1, -0.05) is 35.9 Å². The Kier molecular flexibility index (Phi) is 8.48. The number of benzene rings is 3. The number of likely N-dealkylation sites (tertiary alicyclic amines) is 2. The van der Waals surface area contributed by atoms with Gasteiger partial charge in [0.1, 0.15) is 17.1 Å². The highest BCUT2D eigenvalue weighted by Gasteiger charge is 2.22. The number of fused-ring (bicyclic) bond motifs is 2. The average Bonchev–Trinajstić information content (AvgIpc) is 3.87. The van der Waals surface area contributed by atoms with Crippen LogP contribution in [0.5, 0.6) is 0 Å². The fourth-order valence-electron chi connectivity index (χ4n) is 7.17. The third-order valence-electron chi connectivity index (χ3n) is 9.69. The monoisotopic (exact) mass is 669 g/mol. The number of nitriles is 1. The summed E-state index contributed by atoms with van der Waals surface area (Å²) in [6, 6.07) is 22.3. The second-order valence-electron chi connectivity index (χ2n) is 13.1. The summed E-state index contributed by atoms with van der Waals surface area (Å²) in [7, 11) is 0. The van der Waals surface area contributed by atoms with E-state index in [4.69, 9.17) is 26.0 Å². The molecule has 2 fully saturated rings. The van der Waals surface area contributed by atoms with Crippen LogP contribution >= 0.6 is 11.6 Å². The minimum atomic E-state index is -0.248. The van der Waals surface area contributed by atoms with Gasteiger partial charge in [0.15, 0.2) is 11.4 Å². The number of pyridine rings is 2. The predicted molar refractivity (Wildman–Crippen MR) is 193 cm³/mol. The molecule has 10 heteroatoms. The standard InChI is InChI=1S/C39H36ClN7O2/c1-24-30(6-5-9-33(24)44-38-36-27(10-12-42-38)17-26(20-43-36)22-47-15-11-29(48)23-47)31-7-4-8-32(35(31)40)39-45-34-18-25(21-46-13-2-3-14-46)16-28(19-41)37(34)49-39/h4-10,12,16-18,20,29,48H,2-3,11,13-15,21-23H2,1H3,(H,42,44)/t29-/m1/s1. The zero-order valence-electron chi connectivity index (χ0n) is 27.3. The summed E-state index contributed by atoms with van der Waals surface area (Å²) in [5.41, 5.74) is 8.93. The molecule has 3 aromatic carbocycles. The maximum atomic E-state index is 9.94. The molecule has 2 N–H and O–H groups in total. The number of hydrogen-bond donors (Lipinski definition) is 2. The van der Waals surface area contributed by atoms with Gasteiger partial charge in [0.25, 0.3) is 0 Å². The highest BCUT2D eigenvalue weighted by Crippen LogP contribution is 2.40. The molecule has 0 saturated carbocycles. The molecule has 9 nitrogen and oxygen atoms in total. The Morgan fingerprint density at radius 3 is 2.57 bits per heavy atom. The van der Waals surface area contributed by atoms with Crippen molar-refractivity contribution in [1.82, 2.24) is 24.8 Å². The number of rotatable bonds is 8. The van der Waals surface area contributed by atoms with Crippen molar-refractivity contribution in [3.63, 3.8) is 0 Å². The number of aromatic nitrogens is 3. The van der Waals surface area contributed by atoms with E-state index in [1.807, 2.05) is 60.8 Å². The van der Waals surface area contributed by atoms with Crippen LogP contribution in [0, 0.1) is 18.3 Å². The summed E-state index contributed by atoms with van der Waals surface area (Å²) in [5.74, 6) is 1.06. The van der Waals surface area contributed by atoms with Crippen molar-refractivity contribution in [2.75, 3.05) is 31.5 Å². The van der Waals surface area contributed by atoms with Crippen molar-refractivity contribution >= 4 is 45.1 Å². The molecular formula is C39H36ClN7O2.